The lowest BCUT2D eigenvalue weighted by Crippen LogP contribution is -2.10. The van der Waals surface area contributed by atoms with E-state index in [0.717, 1.165) is 25.0 Å². The summed E-state index contributed by atoms with van der Waals surface area (Å²) in [6.07, 6.45) is 3.16. The molecule has 4 heteroatoms. The SMILES string of the molecule is CCc1nn(C)c(CC2Cc3ccccc3C2Br)c1Br. The molecule has 106 valence electrons. The third-order valence-electron chi connectivity index (χ3n) is 4.21. The van der Waals surface area contributed by atoms with Gasteiger partial charge in [0.1, 0.15) is 0 Å². The number of rotatable bonds is 3. The Kier molecular flexibility index (Phi) is 4.04. The molecule has 2 unspecified atom stereocenters. The molecule has 2 nitrogen and oxygen atoms in total. The van der Waals surface area contributed by atoms with Crippen molar-refractivity contribution in [2.75, 3.05) is 0 Å². The van der Waals surface area contributed by atoms with Gasteiger partial charge in [-0.1, -0.05) is 47.1 Å². The number of hydrogen-bond acceptors (Lipinski definition) is 1. The molecule has 1 heterocycles. The summed E-state index contributed by atoms with van der Waals surface area (Å²) in [6.45, 7) is 2.15. The van der Waals surface area contributed by atoms with Crippen LogP contribution in [0.4, 0.5) is 0 Å². The maximum Gasteiger partial charge on any atom is 0.0766 e. The molecule has 3 rings (SSSR count). The van der Waals surface area contributed by atoms with Crippen molar-refractivity contribution in [1.82, 2.24) is 9.78 Å². The molecule has 0 radical (unpaired) electrons. The molecule has 0 aliphatic heterocycles. The Morgan fingerprint density at radius 3 is 2.75 bits per heavy atom. The predicted molar refractivity (Wildman–Crippen MR) is 89.3 cm³/mol. The molecule has 0 saturated heterocycles. The summed E-state index contributed by atoms with van der Waals surface area (Å²) in [6, 6.07) is 8.75. The number of alkyl halides is 1. The second-order valence-corrected chi connectivity index (χ2v) is 7.23. The molecule has 0 fully saturated rings. The van der Waals surface area contributed by atoms with E-state index in [4.69, 9.17) is 0 Å². The summed E-state index contributed by atoms with van der Waals surface area (Å²) >= 11 is 7.61. The fourth-order valence-electron chi connectivity index (χ4n) is 3.09. The van der Waals surface area contributed by atoms with E-state index in [9.17, 15) is 0 Å². The van der Waals surface area contributed by atoms with Gasteiger partial charge in [0.2, 0.25) is 0 Å². The molecule has 1 aromatic carbocycles. The lowest BCUT2D eigenvalue weighted by atomic mass is 9.99. The van der Waals surface area contributed by atoms with Crippen molar-refractivity contribution in [3.05, 3.63) is 51.3 Å². The second kappa shape index (κ2) is 5.64. The first-order valence-corrected chi connectivity index (χ1v) is 8.74. The lowest BCUT2D eigenvalue weighted by Gasteiger charge is -2.15. The van der Waals surface area contributed by atoms with Crippen LogP contribution in [-0.4, -0.2) is 9.78 Å². The van der Waals surface area contributed by atoms with Crippen LogP contribution in [0, 0.1) is 5.92 Å². The van der Waals surface area contributed by atoms with Crippen LogP contribution in [0.25, 0.3) is 0 Å². The van der Waals surface area contributed by atoms with Crippen LogP contribution in [0.5, 0.6) is 0 Å². The van der Waals surface area contributed by atoms with Gasteiger partial charge in [-0.3, -0.25) is 4.68 Å². The molecule has 0 saturated carbocycles. The Balaban J connectivity index is 1.86. The van der Waals surface area contributed by atoms with E-state index in [1.807, 2.05) is 11.7 Å². The number of halogens is 2. The van der Waals surface area contributed by atoms with Crippen LogP contribution in [0.15, 0.2) is 28.7 Å². The van der Waals surface area contributed by atoms with E-state index in [1.165, 1.54) is 21.3 Å². The van der Waals surface area contributed by atoms with E-state index in [2.05, 4.69) is 68.1 Å². The van der Waals surface area contributed by atoms with E-state index >= 15 is 0 Å². The first-order chi connectivity index (χ1) is 9.61. The molecule has 1 aromatic heterocycles. The van der Waals surface area contributed by atoms with Crippen LogP contribution in [0.1, 0.15) is 34.3 Å². The fourth-order valence-corrected chi connectivity index (χ4v) is 4.69. The Morgan fingerprint density at radius 1 is 1.35 bits per heavy atom. The average molecular weight is 398 g/mol. The molecular formula is C16H18Br2N2. The second-order valence-electron chi connectivity index (χ2n) is 5.45. The van der Waals surface area contributed by atoms with Gasteiger partial charge in [0.05, 0.1) is 15.9 Å². The van der Waals surface area contributed by atoms with Gasteiger partial charge in [0, 0.05) is 11.9 Å². The molecule has 0 spiro atoms. The topological polar surface area (TPSA) is 17.8 Å². The van der Waals surface area contributed by atoms with Gasteiger partial charge in [0.25, 0.3) is 0 Å². The fraction of sp³-hybridized carbons (Fsp3) is 0.438. The summed E-state index contributed by atoms with van der Waals surface area (Å²) in [7, 11) is 2.05. The van der Waals surface area contributed by atoms with Gasteiger partial charge < -0.3 is 0 Å². The predicted octanol–water partition coefficient (Wildman–Crippen LogP) is 4.60. The Hall–Kier alpha value is -0.610. The highest BCUT2D eigenvalue weighted by Crippen LogP contribution is 2.44. The third-order valence-corrected chi connectivity index (χ3v) is 6.36. The van der Waals surface area contributed by atoms with Gasteiger partial charge in [-0.05, 0) is 52.2 Å². The molecular weight excluding hydrogens is 380 g/mol. The van der Waals surface area contributed by atoms with Gasteiger partial charge in [0.15, 0.2) is 0 Å². The van der Waals surface area contributed by atoms with Crippen molar-refractivity contribution in [1.29, 1.82) is 0 Å². The molecule has 0 bridgehead atoms. The number of fused-ring (bicyclic) bond motifs is 1. The minimum absolute atomic E-state index is 0.450. The summed E-state index contributed by atoms with van der Waals surface area (Å²) in [5, 5.41) is 4.60. The number of aromatic nitrogens is 2. The maximum absolute atomic E-state index is 4.60. The number of benzene rings is 1. The van der Waals surface area contributed by atoms with E-state index < -0.39 is 0 Å². The van der Waals surface area contributed by atoms with Crippen molar-refractivity contribution in [2.24, 2.45) is 13.0 Å². The standard InChI is InChI=1S/C16H18Br2N2/c1-3-13-16(18)14(20(2)19-13)9-11-8-10-6-4-5-7-12(10)15(11)17/h4-7,11,15H,3,8-9H2,1-2H3. The lowest BCUT2D eigenvalue weighted by molar-refractivity contribution is 0.526. The van der Waals surface area contributed by atoms with Crippen molar-refractivity contribution < 1.29 is 0 Å². The Labute approximate surface area is 136 Å². The summed E-state index contributed by atoms with van der Waals surface area (Å²) in [4.78, 5) is 0.450. The highest BCUT2D eigenvalue weighted by Gasteiger charge is 2.31. The first-order valence-electron chi connectivity index (χ1n) is 7.04. The van der Waals surface area contributed by atoms with Crippen LogP contribution in [0.3, 0.4) is 0 Å². The molecule has 1 aliphatic carbocycles. The van der Waals surface area contributed by atoms with Gasteiger partial charge in [-0.15, -0.1) is 0 Å². The van der Waals surface area contributed by atoms with Crippen molar-refractivity contribution in [3.8, 4) is 0 Å². The van der Waals surface area contributed by atoms with E-state index in [1.54, 1.807) is 0 Å². The number of nitrogens with zero attached hydrogens (tertiary/aromatic N) is 2. The van der Waals surface area contributed by atoms with Gasteiger partial charge in [-0.25, -0.2) is 0 Å². The molecule has 0 N–H and O–H groups in total. The minimum Gasteiger partial charge on any atom is -0.271 e. The number of aryl methyl sites for hydroxylation is 2. The summed E-state index contributed by atoms with van der Waals surface area (Å²) in [5.74, 6) is 0.601. The van der Waals surface area contributed by atoms with Crippen molar-refractivity contribution >= 4 is 31.9 Å². The van der Waals surface area contributed by atoms with E-state index in [-0.39, 0.29) is 0 Å². The largest absolute Gasteiger partial charge is 0.271 e. The van der Waals surface area contributed by atoms with Gasteiger partial charge in [-0.2, -0.15) is 5.10 Å². The highest BCUT2D eigenvalue weighted by molar-refractivity contribution is 9.10. The normalized spacial score (nSPS) is 21.2. The first kappa shape index (κ1) is 14.3. The molecule has 0 amide bonds. The zero-order valence-corrected chi connectivity index (χ0v) is 14.9. The van der Waals surface area contributed by atoms with Crippen LogP contribution < -0.4 is 0 Å². The summed E-state index contributed by atoms with van der Waals surface area (Å²) in [5.41, 5.74) is 5.40. The van der Waals surface area contributed by atoms with Crippen LogP contribution >= 0.6 is 31.9 Å². The zero-order valence-electron chi connectivity index (χ0n) is 11.7. The molecule has 2 aromatic rings. The molecule has 1 aliphatic rings. The summed E-state index contributed by atoms with van der Waals surface area (Å²) < 4.78 is 3.23. The van der Waals surface area contributed by atoms with Gasteiger partial charge >= 0.3 is 0 Å². The Morgan fingerprint density at radius 2 is 2.10 bits per heavy atom. The van der Waals surface area contributed by atoms with E-state index in [0.29, 0.717) is 10.7 Å². The Bertz CT molecular complexity index is 633. The smallest absolute Gasteiger partial charge is 0.0766 e. The molecule has 20 heavy (non-hydrogen) atoms. The quantitative estimate of drug-likeness (QED) is 0.692. The van der Waals surface area contributed by atoms with Crippen molar-refractivity contribution in [2.45, 2.75) is 31.0 Å². The zero-order chi connectivity index (χ0) is 14.3. The minimum atomic E-state index is 0.450. The molecule has 2 atom stereocenters. The highest BCUT2D eigenvalue weighted by atomic mass is 79.9. The van der Waals surface area contributed by atoms with Crippen LogP contribution in [-0.2, 0) is 26.3 Å². The van der Waals surface area contributed by atoms with Crippen LogP contribution in [0.2, 0.25) is 0 Å². The average Bonchev–Trinajstić information content (AvgIpc) is 2.91. The number of hydrogen-bond donors (Lipinski definition) is 0. The maximum atomic E-state index is 4.60. The monoisotopic (exact) mass is 396 g/mol. The third kappa shape index (κ3) is 2.37. The van der Waals surface area contributed by atoms with Crippen molar-refractivity contribution in [3.63, 3.8) is 0 Å².